The molecule has 172 valence electrons. The molecule has 0 radical (unpaired) electrons. The fraction of sp³-hybridized carbons (Fsp3) is 0.304. The van der Waals surface area contributed by atoms with E-state index in [2.05, 4.69) is 14.7 Å². The monoisotopic (exact) mass is 484 g/mol. The van der Waals surface area contributed by atoms with Gasteiger partial charge < -0.3 is 4.90 Å². The van der Waals surface area contributed by atoms with Gasteiger partial charge in [0, 0.05) is 49.4 Å². The molecule has 3 heterocycles. The van der Waals surface area contributed by atoms with Crippen molar-refractivity contribution in [3.63, 3.8) is 0 Å². The summed E-state index contributed by atoms with van der Waals surface area (Å²) in [6.45, 7) is 4.04. The fourth-order valence-electron chi connectivity index (χ4n) is 3.71. The second kappa shape index (κ2) is 9.50. The summed E-state index contributed by atoms with van der Waals surface area (Å²) in [7, 11) is -3.73. The molecule has 0 saturated heterocycles. The van der Waals surface area contributed by atoms with Gasteiger partial charge in [0.1, 0.15) is 5.69 Å². The highest BCUT2D eigenvalue weighted by atomic mass is 32.2. The summed E-state index contributed by atoms with van der Waals surface area (Å²) in [4.78, 5) is 35.3. The third kappa shape index (κ3) is 5.35. The first kappa shape index (κ1) is 23.2. The number of thiazole rings is 1. The van der Waals surface area contributed by atoms with E-state index in [4.69, 9.17) is 0 Å². The predicted molar refractivity (Wildman–Crippen MR) is 126 cm³/mol. The largest absolute Gasteiger partial charge is 0.312 e. The molecule has 1 N–H and O–H groups in total. The van der Waals surface area contributed by atoms with E-state index in [-0.39, 0.29) is 23.1 Å². The number of sulfonamides is 1. The van der Waals surface area contributed by atoms with Crippen LogP contribution in [0.15, 0.2) is 47.6 Å². The number of rotatable bonds is 8. The third-order valence-electron chi connectivity index (χ3n) is 5.48. The Bertz CT molecular complexity index is 1300. The Morgan fingerprint density at radius 3 is 2.64 bits per heavy atom. The molecule has 1 aliphatic rings. The molecule has 33 heavy (non-hydrogen) atoms. The first-order chi connectivity index (χ1) is 15.7. The molecule has 8 nitrogen and oxygen atoms in total. The summed E-state index contributed by atoms with van der Waals surface area (Å²) < 4.78 is 28.1. The number of carbonyl (C=O) groups is 2. The summed E-state index contributed by atoms with van der Waals surface area (Å²) in [5.41, 5.74) is 2.61. The Hall–Kier alpha value is -2.95. The second-order valence-corrected chi connectivity index (χ2v) is 10.9. The molecule has 1 aliphatic heterocycles. The molecule has 2 aromatic heterocycles. The quantitative estimate of drug-likeness (QED) is 0.492. The number of amides is 1. The highest BCUT2D eigenvalue weighted by Gasteiger charge is 2.24. The van der Waals surface area contributed by atoms with Crippen LogP contribution in [-0.4, -0.2) is 36.6 Å². The van der Waals surface area contributed by atoms with Crippen LogP contribution in [0.1, 0.15) is 44.8 Å². The van der Waals surface area contributed by atoms with Crippen molar-refractivity contribution in [2.75, 3.05) is 11.4 Å². The summed E-state index contributed by atoms with van der Waals surface area (Å²) in [5, 5.41) is 0.973. The van der Waals surface area contributed by atoms with Gasteiger partial charge in [-0.2, -0.15) is 0 Å². The minimum atomic E-state index is -3.73. The number of aromatic nitrogens is 2. The zero-order valence-electron chi connectivity index (χ0n) is 18.4. The van der Waals surface area contributed by atoms with Gasteiger partial charge in [0.15, 0.2) is 5.78 Å². The van der Waals surface area contributed by atoms with Crippen molar-refractivity contribution in [1.82, 2.24) is 14.7 Å². The molecule has 0 saturated carbocycles. The van der Waals surface area contributed by atoms with Crippen molar-refractivity contribution in [2.45, 2.75) is 44.6 Å². The molecular weight excluding hydrogens is 460 g/mol. The number of anilines is 1. The van der Waals surface area contributed by atoms with Crippen molar-refractivity contribution in [1.29, 1.82) is 0 Å². The Morgan fingerprint density at radius 2 is 1.97 bits per heavy atom. The maximum atomic E-state index is 12.7. The van der Waals surface area contributed by atoms with Gasteiger partial charge in [0.25, 0.3) is 0 Å². The van der Waals surface area contributed by atoms with E-state index in [1.54, 1.807) is 46.7 Å². The van der Waals surface area contributed by atoms with Crippen LogP contribution in [-0.2, 0) is 34.2 Å². The maximum absolute atomic E-state index is 12.7. The van der Waals surface area contributed by atoms with Crippen LogP contribution in [0.5, 0.6) is 0 Å². The fourth-order valence-corrected chi connectivity index (χ4v) is 5.58. The summed E-state index contributed by atoms with van der Waals surface area (Å²) >= 11 is 1.58. The molecule has 1 amide bonds. The predicted octanol–water partition coefficient (Wildman–Crippen LogP) is 3.05. The van der Waals surface area contributed by atoms with Crippen LogP contribution in [0.25, 0.3) is 0 Å². The molecular formula is C23H24N4O4S2. The molecule has 0 unspecified atom stereocenters. The number of hydrogen-bond acceptors (Lipinski definition) is 7. The van der Waals surface area contributed by atoms with E-state index in [0.29, 0.717) is 37.1 Å². The number of aryl methyl sites for hydroxylation is 2. The number of carbonyl (C=O) groups excluding carboxylic acids is 2. The molecule has 0 aliphatic carbocycles. The first-order valence-corrected chi connectivity index (χ1v) is 12.8. The van der Waals surface area contributed by atoms with Gasteiger partial charge in [-0.05, 0) is 55.2 Å². The Labute approximate surface area is 196 Å². The van der Waals surface area contributed by atoms with Crippen molar-refractivity contribution in [2.24, 2.45) is 0 Å². The lowest BCUT2D eigenvalue weighted by Gasteiger charge is -2.15. The number of nitrogens with one attached hydrogen (secondary N) is 1. The number of ketones is 1. The lowest BCUT2D eigenvalue weighted by Crippen LogP contribution is -2.26. The van der Waals surface area contributed by atoms with E-state index in [0.717, 1.165) is 21.1 Å². The summed E-state index contributed by atoms with van der Waals surface area (Å²) in [6.07, 6.45) is 4.90. The number of pyridine rings is 1. The summed E-state index contributed by atoms with van der Waals surface area (Å²) in [6, 6.07) is 8.12. The van der Waals surface area contributed by atoms with Crippen LogP contribution >= 0.6 is 11.3 Å². The van der Waals surface area contributed by atoms with Crippen LogP contribution in [0.4, 0.5) is 5.69 Å². The van der Waals surface area contributed by atoms with Crippen molar-refractivity contribution < 1.29 is 18.0 Å². The Kier molecular flexibility index (Phi) is 6.68. The average Bonchev–Trinajstić information content (AvgIpc) is 3.42. The van der Waals surface area contributed by atoms with E-state index in [1.165, 1.54) is 19.2 Å². The molecule has 0 fully saturated rings. The minimum absolute atomic E-state index is 0.0562. The molecule has 4 rings (SSSR count). The van der Waals surface area contributed by atoms with Gasteiger partial charge in [-0.15, -0.1) is 11.3 Å². The van der Waals surface area contributed by atoms with Crippen molar-refractivity contribution in [3.8, 4) is 0 Å². The number of hydrogen-bond donors (Lipinski definition) is 1. The van der Waals surface area contributed by atoms with Crippen LogP contribution < -0.4 is 9.62 Å². The first-order valence-electron chi connectivity index (χ1n) is 10.5. The van der Waals surface area contributed by atoms with Gasteiger partial charge in [0.2, 0.25) is 15.9 Å². The Morgan fingerprint density at radius 1 is 1.15 bits per heavy atom. The van der Waals surface area contributed by atoms with Gasteiger partial charge in [-0.3, -0.25) is 14.6 Å². The lowest BCUT2D eigenvalue weighted by molar-refractivity contribution is -0.116. The average molecular weight is 485 g/mol. The summed E-state index contributed by atoms with van der Waals surface area (Å²) in [5.74, 6) is -0.124. The highest BCUT2D eigenvalue weighted by molar-refractivity contribution is 7.89. The van der Waals surface area contributed by atoms with E-state index in [1.807, 2.05) is 6.92 Å². The molecule has 3 aromatic rings. The van der Waals surface area contributed by atoms with Gasteiger partial charge in [-0.25, -0.2) is 18.1 Å². The molecule has 10 heteroatoms. The number of nitrogens with zero attached hydrogens (tertiary/aromatic N) is 3. The second-order valence-electron chi connectivity index (χ2n) is 7.86. The Balaban J connectivity index is 1.36. The van der Waals surface area contributed by atoms with Crippen LogP contribution in [0.3, 0.4) is 0 Å². The zero-order valence-corrected chi connectivity index (χ0v) is 20.0. The smallest absolute Gasteiger partial charge is 0.240 e. The van der Waals surface area contributed by atoms with Gasteiger partial charge >= 0.3 is 0 Å². The number of benzene rings is 1. The van der Waals surface area contributed by atoms with Gasteiger partial charge in [0.05, 0.1) is 9.90 Å². The van der Waals surface area contributed by atoms with E-state index >= 15 is 0 Å². The third-order valence-corrected chi connectivity index (χ3v) is 7.85. The lowest BCUT2D eigenvalue weighted by atomic mass is 10.1. The van der Waals surface area contributed by atoms with E-state index in [9.17, 15) is 18.0 Å². The van der Waals surface area contributed by atoms with Crippen LogP contribution in [0.2, 0.25) is 0 Å². The SMILES string of the molecule is CC(=O)N1CCc2cc(S(=O)(=O)NCc3ccc(C(=O)CCc4cnc(C)s4)nc3)ccc21. The van der Waals surface area contributed by atoms with Gasteiger partial charge in [-0.1, -0.05) is 6.07 Å². The normalized spacial score (nSPS) is 13.2. The highest BCUT2D eigenvalue weighted by Crippen LogP contribution is 2.30. The minimum Gasteiger partial charge on any atom is -0.312 e. The van der Waals surface area contributed by atoms with Crippen molar-refractivity contribution >= 4 is 38.7 Å². The zero-order chi connectivity index (χ0) is 23.6. The van der Waals surface area contributed by atoms with E-state index < -0.39 is 10.0 Å². The number of fused-ring (bicyclic) bond motifs is 1. The molecule has 1 aromatic carbocycles. The standard InChI is InChI=1S/C23H24N4O4S2/c1-15-24-14-19(32-15)4-8-23(29)21-6-3-17(12-25-21)13-26-33(30,31)20-5-7-22-18(11-20)9-10-27(22)16(2)28/h3,5-7,11-12,14,26H,4,8-10,13H2,1-2H3. The molecule has 0 bridgehead atoms. The van der Waals surface area contributed by atoms with Crippen LogP contribution in [0, 0.1) is 6.92 Å². The number of Topliss-reactive ketones (excluding diaryl/α,β-unsaturated/α-hetero) is 1. The topological polar surface area (TPSA) is 109 Å². The van der Waals surface area contributed by atoms with Crippen molar-refractivity contribution in [3.05, 3.63) is 69.4 Å². The maximum Gasteiger partial charge on any atom is 0.240 e. The molecule has 0 spiro atoms. The molecule has 0 atom stereocenters.